The smallest absolute Gasteiger partial charge is 0.410 e. The molecule has 0 spiro atoms. The largest absolute Gasteiger partial charge is 0.444 e. The van der Waals surface area contributed by atoms with Crippen LogP contribution >= 0.6 is 0 Å². The number of nitrogens with zero attached hydrogens (tertiary/aromatic N) is 3. The second-order valence-corrected chi connectivity index (χ2v) is 6.80. The summed E-state index contributed by atoms with van der Waals surface area (Å²) in [5.41, 5.74) is -0.235. The molecule has 138 valence electrons. The third-order valence-corrected chi connectivity index (χ3v) is 3.76. The van der Waals surface area contributed by atoms with Crippen molar-refractivity contribution in [3.8, 4) is 0 Å². The molecular weight excluding hydrogens is 336 g/mol. The number of anilines is 1. The zero-order valence-corrected chi connectivity index (χ0v) is 14.3. The fraction of sp³-hybridized carbons (Fsp3) is 0.562. The van der Waals surface area contributed by atoms with Crippen molar-refractivity contribution in [1.82, 2.24) is 4.90 Å². The molecule has 9 heteroatoms. The van der Waals surface area contributed by atoms with E-state index in [0.29, 0.717) is 12.2 Å². The Morgan fingerprint density at radius 1 is 1.28 bits per heavy atom. The molecule has 25 heavy (non-hydrogen) atoms. The summed E-state index contributed by atoms with van der Waals surface area (Å²) in [6, 6.07) is 4.38. The van der Waals surface area contributed by atoms with E-state index in [1.54, 1.807) is 25.7 Å². The first kappa shape index (κ1) is 18.9. The van der Waals surface area contributed by atoms with Gasteiger partial charge in [0.2, 0.25) is 0 Å². The standard InChI is InChI=1S/C16H21F2N3O4/c1-16(2,3)25-15(22)20-9-8-19(10-13(20)14(17)18)11-4-6-12(7-5-11)21(23)24/h4-7,13-14H,8-10H2,1-3H3. The number of nitro groups is 1. The topological polar surface area (TPSA) is 75.9 Å². The zero-order valence-electron chi connectivity index (χ0n) is 14.3. The first-order valence-electron chi connectivity index (χ1n) is 7.85. The molecule has 1 aromatic rings. The van der Waals surface area contributed by atoms with Crippen LogP contribution in [0.15, 0.2) is 24.3 Å². The second-order valence-electron chi connectivity index (χ2n) is 6.80. The van der Waals surface area contributed by atoms with E-state index >= 15 is 0 Å². The number of nitro benzene ring substituents is 1. The van der Waals surface area contributed by atoms with E-state index in [4.69, 9.17) is 4.74 Å². The van der Waals surface area contributed by atoms with Gasteiger partial charge in [-0.1, -0.05) is 0 Å². The Hall–Kier alpha value is -2.45. The molecule has 2 rings (SSSR count). The van der Waals surface area contributed by atoms with Gasteiger partial charge < -0.3 is 9.64 Å². The molecule has 7 nitrogen and oxygen atoms in total. The predicted molar refractivity (Wildman–Crippen MR) is 88.0 cm³/mol. The van der Waals surface area contributed by atoms with Gasteiger partial charge in [-0.3, -0.25) is 15.0 Å². The number of piperazine rings is 1. The number of alkyl halides is 2. The van der Waals surface area contributed by atoms with E-state index in [-0.39, 0.29) is 18.8 Å². The summed E-state index contributed by atoms with van der Waals surface area (Å²) in [5, 5.41) is 10.7. The molecule has 1 saturated heterocycles. The van der Waals surface area contributed by atoms with Crippen molar-refractivity contribution < 1.29 is 23.2 Å². The minimum absolute atomic E-state index is 0.0680. The van der Waals surface area contributed by atoms with Crippen molar-refractivity contribution in [1.29, 1.82) is 0 Å². The average Bonchev–Trinajstić information content (AvgIpc) is 2.52. The Morgan fingerprint density at radius 3 is 2.36 bits per heavy atom. The van der Waals surface area contributed by atoms with Crippen LogP contribution in [0.2, 0.25) is 0 Å². The average molecular weight is 357 g/mol. The van der Waals surface area contributed by atoms with E-state index in [2.05, 4.69) is 0 Å². The molecule has 1 fully saturated rings. The summed E-state index contributed by atoms with van der Waals surface area (Å²) in [7, 11) is 0. The first-order chi connectivity index (χ1) is 11.6. The van der Waals surface area contributed by atoms with Gasteiger partial charge in [-0.15, -0.1) is 0 Å². The SMILES string of the molecule is CC(C)(C)OC(=O)N1CCN(c2ccc([N+](=O)[O-])cc2)CC1C(F)F. The molecule has 0 saturated carbocycles. The third-order valence-electron chi connectivity index (χ3n) is 3.76. The molecule has 1 heterocycles. The van der Waals surface area contributed by atoms with Crippen LogP contribution in [0.1, 0.15) is 20.8 Å². The second kappa shape index (κ2) is 7.20. The maximum atomic E-state index is 13.5. The maximum Gasteiger partial charge on any atom is 0.410 e. The zero-order chi connectivity index (χ0) is 18.8. The Labute approximate surface area is 144 Å². The van der Waals surface area contributed by atoms with Crippen LogP contribution in [0.25, 0.3) is 0 Å². The molecule has 1 aliphatic heterocycles. The number of carbonyl (C=O) groups is 1. The minimum Gasteiger partial charge on any atom is -0.444 e. The van der Waals surface area contributed by atoms with Gasteiger partial charge >= 0.3 is 6.09 Å². The van der Waals surface area contributed by atoms with Crippen LogP contribution in [0.4, 0.5) is 25.0 Å². The van der Waals surface area contributed by atoms with Crippen molar-refractivity contribution in [3.63, 3.8) is 0 Å². The number of carbonyl (C=O) groups excluding carboxylic acids is 1. The molecule has 0 radical (unpaired) electrons. The van der Waals surface area contributed by atoms with Crippen LogP contribution in [0.5, 0.6) is 0 Å². The van der Waals surface area contributed by atoms with Crippen molar-refractivity contribution in [2.75, 3.05) is 24.5 Å². The number of ether oxygens (including phenoxy) is 1. The van der Waals surface area contributed by atoms with E-state index in [1.807, 2.05) is 0 Å². The highest BCUT2D eigenvalue weighted by atomic mass is 19.3. The lowest BCUT2D eigenvalue weighted by atomic mass is 10.1. The number of rotatable bonds is 3. The van der Waals surface area contributed by atoms with E-state index < -0.39 is 29.1 Å². The molecule has 0 aliphatic carbocycles. The number of benzene rings is 1. The highest BCUT2D eigenvalue weighted by molar-refractivity contribution is 5.69. The van der Waals surface area contributed by atoms with E-state index in [9.17, 15) is 23.7 Å². The Bertz CT molecular complexity index is 631. The van der Waals surface area contributed by atoms with Gasteiger partial charge in [0.05, 0.1) is 4.92 Å². The molecule has 1 amide bonds. The van der Waals surface area contributed by atoms with Crippen molar-refractivity contribution in [2.24, 2.45) is 0 Å². The summed E-state index contributed by atoms with van der Waals surface area (Å²) in [6.45, 7) is 5.37. The summed E-state index contributed by atoms with van der Waals surface area (Å²) in [6.07, 6.45) is -3.49. The van der Waals surface area contributed by atoms with Gasteiger partial charge in [-0.25, -0.2) is 13.6 Å². The summed E-state index contributed by atoms with van der Waals surface area (Å²) in [5.74, 6) is 0. The fourth-order valence-electron chi connectivity index (χ4n) is 2.59. The molecule has 0 N–H and O–H groups in total. The predicted octanol–water partition coefficient (Wildman–Crippen LogP) is 3.29. The molecule has 1 aromatic carbocycles. The molecule has 1 unspecified atom stereocenters. The highest BCUT2D eigenvalue weighted by Gasteiger charge is 2.38. The Kier molecular flexibility index (Phi) is 5.44. The molecule has 1 atom stereocenters. The Morgan fingerprint density at radius 2 is 1.88 bits per heavy atom. The summed E-state index contributed by atoms with van der Waals surface area (Å²) in [4.78, 5) is 25.1. The lowest BCUT2D eigenvalue weighted by Crippen LogP contribution is -2.58. The lowest BCUT2D eigenvalue weighted by molar-refractivity contribution is -0.384. The summed E-state index contributed by atoms with van der Waals surface area (Å²) < 4.78 is 32.1. The van der Waals surface area contributed by atoms with Crippen LogP contribution in [-0.2, 0) is 4.74 Å². The van der Waals surface area contributed by atoms with Crippen molar-refractivity contribution in [2.45, 2.75) is 38.8 Å². The van der Waals surface area contributed by atoms with Crippen LogP contribution in [0, 0.1) is 10.1 Å². The van der Waals surface area contributed by atoms with Gasteiger partial charge in [0, 0.05) is 37.5 Å². The van der Waals surface area contributed by atoms with Crippen LogP contribution < -0.4 is 4.90 Å². The van der Waals surface area contributed by atoms with Gasteiger partial charge in [0.1, 0.15) is 11.6 Å². The number of hydrogen-bond donors (Lipinski definition) is 0. The highest BCUT2D eigenvalue weighted by Crippen LogP contribution is 2.25. The molecule has 1 aliphatic rings. The quantitative estimate of drug-likeness (QED) is 0.613. The van der Waals surface area contributed by atoms with Gasteiger partial charge in [-0.05, 0) is 32.9 Å². The number of amides is 1. The first-order valence-corrected chi connectivity index (χ1v) is 7.85. The van der Waals surface area contributed by atoms with E-state index in [1.165, 1.54) is 24.3 Å². The minimum atomic E-state index is -2.73. The van der Waals surface area contributed by atoms with Gasteiger partial charge in [0.15, 0.2) is 0 Å². The van der Waals surface area contributed by atoms with E-state index in [0.717, 1.165) is 4.90 Å². The molecule has 0 aromatic heterocycles. The maximum absolute atomic E-state index is 13.5. The van der Waals surface area contributed by atoms with Crippen molar-refractivity contribution in [3.05, 3.63) is 34.4 Å². The third kappa shape index (κ3) is 4.77. The van der Waals surface area contributed by atoms with Gasteiger partial charge in [-0.2, -0.15) is 0 Å². The summed E-state index contributed by atoms with van der Waals surface area (Å²) >= 11 is 0. The van der Waals surface area contributed by atoms with Crippen LogP contribution in [-0.4, -0.2) is 53.6 Å². The number of non-ortho nitro benzene ring substituents is 1. The number of hydrogen-bond acceptors (Lipinski definition) is 5. The Balaban J connectivity index is 2.12. The number of halogens is 2. The normalized spacial score (nSPS) is 18.4. The van der Waals surface area contributed by atoms with Crippen molar-refractivity contribution >= 4 is 17.5 Å². The monoisotopic (exact) mass is 357 g/mol. The van der Waals surface area contributed by atoms with Crippen LogP contribution in [0.3, 0.4) is 0 Å². The molecular formula is C16H21F2N3O4. The molecule has 0 bridgehead atoms. The van der Waals surface area contributed by atoms with Gasteiger partial charge in [0.25, 0.3) is 12.1 Å². The lowest BCUT2D eigenvalue weighted by Gasteiger charge is -2.42. The fourth-order valence-corrected chi connectivity index (χ4v) is 2.59.